The molecule has 0 aliphatic carbocycles. The maximum absolute atomic E-state index is 13.1. The van der Waals surface area contributed by atoms with E-state index >= 15 is 0 Å². The van der Waals surface area contributed by atoms with Gasteiger partial charge in [-0.2, -0.15) is 13.2 Å². The first-order valence-electron chi connectivity index (χ1n) is 12.9. The second-order valence-corrected chi connectivity index (χ2v) is 12.1. The minimum atomic E-state index is -4.45. The van der Waals surface area contributed by atoms with Gasteiger partial charge in [0, 0.05) is 38.1 Å². The van der Waals surface area contributed by atoms with Crippen molar-refractivity contribution in [2.75, 3.05) is 26.2 Å². The van der Waals surface area contributed by atoms with E-state index in [2.05, 4.69) is 4.98 Å². The van der Waals surface area contributed by atoms with Crippen molar-refractivity contribution in [3.05, 3.63) is 57.0 Å². The summed E-state index contributed by atoms with van der Waals surface area (Å²) in [7, 11) is 0. The molecule has 2 heterocycles. The molecule has 1 aliphatic rings. The van der Waals surface area contributed by atoms with Crippen LogP contribution in [0.3, 0.4) is 0 Å². The van der Waals surface area contributed by atoms with Crippen molar-refractivity contribution in [2.45, 2.75) is 70.8 Å². The molecule has 1 fully saturated rings. The molecule has 222 valence electrons. The number of hydrogen-bond acceptors (Lipinski definition) is 6. The number of β-amino-alcohol motifs (C(OH)–C–C–N with tert-alkyl or cyclic N) is 1. The number of benzene rings is 1. The van der Waals surface area contributed by atoms with Gasteiger partial charge >= 0.3 is 23.4 Å². The van der Waals surface area contributed by atoms with Crippen molar-refractivity contribution in [3.63, 3.8) is 0 Å². The summed E-state index contributed by atoms with van der Waals surface area (Å²) in [5.41, 5.74) is -1.83. The Morgan fingerprint density at radius 2 is 1.75 bits per heavy atom. The smallest absolute Gasteiger partial charge is 0.416 e. The molecule has 3 rings (SSSR count). The van der Waals surface area contributed by atoms with Gasteiger partial charge in [0.15, 0.2) is 0 Å². The number of imidazole rings is 1. The largest absolute Gasteiger partial charge is 0.465 e. The molecule has 1 saturated heterocycles. The lowest BCUT2D eigenvalue weighted by Gasteiger charge is -2.42. The summed E-state index contributed by atoms with van der Waals surface area (Å²) in [6, 6.07) is 4.59. The van der Waals surface area contributed by atoms with Gasteiger partial charge in [-0.3, -0.25) is 4.57 Å². The van der Waals surface area contributed by atoms with E-state index in [4.69, 9.17) is 11.6 Å². The second-order valence-electron chi connectivity index (χ2n) is 11.7. The standard InChI is InChI=1S/C26H35ClF3N5O5/c1-24(2,3)20(17-5-7-18(8-6-17)26(28,29)30)13-34(23(36)37)19-9-11-32(12-10-19)15-25(4,38)16-33-14-21(35(39)40)31-22(33)27/h5-8,14,19-20,38H,9-13,15-16H2,1-4H3,(H,36,37)/t20-,25?/m1/s1. The summed E-state index contributed by atoms with van der Waals surface area (Å²) in [6.45, 7) is 8.72. The first kappa shape index (κ1) is 31.6. The van der Waals surface area contributed by atoms with Crippen LogP contribution in [0.2, 0.25) is 5.28 Å². The molecule has 1 amide bonds. The first-order chi connectivity index (χ1) is 18.4. The molecule has 0 bridgehead atoms. The van der Waals surface area contributed by atoms with Gasteiger partial charge < -0.3 is 30.1 Å². The number of aromatic nitrogens is 2. The number of rotatable bonds is 9. The van der Waals surface area contributed by atoms with Crippen molar-refractivity contribution in [3.8, 4) is 0 Å². The number of halogens is 4. The first-order valence-corrected chi connectivity index (χ1v) is 13.2. The summed E-state index contributed by atoms with van der Waals surface area (Å²) in [4.78, 5) is 29.6. The van der Waals surface area contributed by atoms with Crippen LogP contribution in [0.5, 0.6) is 0 Å². The molecule has 1 unspecified atom stereocenters. The van der Waals surface area contributed by atoms with E-state index in [0.717, 1.165) is 18.3 Å². The highest BCUT2D eigenvalue weighted by Gasteiger charge is 2.37. The van der Waals surface area contributed by atoms with Crippen LogP contribution in [0.4, 0.5) is 23.8 Å². The lowest BCUT2D eigenvalue weighted by Crippen LogP contribution is -2.52. The quantitative estimate of drug-likeness (QED) is 0.293. The van der Waals surface area contributed by atoms with Gasteiger partial charge in [0.2, 0.25) is 0 Å². The number of piperidine rings is 1. The molecule has 2 aromatic rings. The number of aliphatic hydroxyl groups is 1. The van der Waals surface area contributed by atoms with Crippen molar-refractivity contribution < 1.29 is 33.1 Å². The maximum atomic E-state index is 13.1. The lowest BCUT2D eigenvalue weighted by molar-refractivity contribution is -0.389. The minimum absolute atomic E-state index is 0.0196. The molecule has 1 aromatic heterocycles. The molecule has 14 heteroatoms. The zero-order chi connectivity index (χ0) is 30.0. The Hall–Kier alpha value is -2.90. The monoisotopic (exact) mass is 589 g/mol. The number of nitro groups is 1. The highest BCUT2D eigenvalue weighted by Crippen LogP contribution is 2.38. The van der Waals surface area contributed by atoms with Crippen LogP contribution in [0.1, 0.15) is 57.6 Å². The Balaban J connectivity index is 1.66. The van der Waals surface area contributed by atoms with Gasteiger partial charge in [0.1, 0.15) is 6.20 Å². The normalized spacial score (nSPS) is 17.8. The van der Waals surface area contributed by atoms with Crippen molar-refractivity contribution in [1.29, 1.82) is 0 Å². The molecule has 0 radical (unpaired) electrons. The predicted octanol–water partition coefficient (Wildman–Crippen LogP) is 5.49. The molecule has 0 saturated carbocycles. The van der Waals surface area contributed by atoms with E-state index < -0.39 is 39.6 Å². The van der Waals surface area contributed by atoms with Crippen LogP contribution in [-0.2, 0) is 12.7 Å². The van der Waals surface area contributed by atoms with Crippen molar-refractivity contribution >= 4 is 23.5 Å². The third-order valence-corrected chi connectivity index (χ3v) is 7.59. The van der Waals surface area contributed by atoms with E-state index in [0.29, 0.717) is 31.5 Å². The second kappa shape index (κ2) is 11.9. The SMILES string of the molecule is CC(O)(CN1CCC(N(C[C@H](c2ccc(C(F)(F)F)cc2)C(C)(C)C)C(=O)O)CC1)Cn1cc([N+](=O)[O-])nc1Cl. The van der Waals surface area contributed by atoms with Gasteiger partial charge in [-0.15, -0.1) is 0 Å². The fourth-order valence-corrected chi connectivity index (χ4v) is 5.43. The van der Waals surface area contributed by atoms with E-state index in [1.807, 2.05) is 25.7 Å². The topological polar surface area (TPSA) is 125 Å². The van der Waals surface area contributed by atoms with Gasteiger partial charge in [0.25, 0.3) is 0 Å². The molecule has 2 N–H and O–H groups in total. The number of nitrogens with zero attached hydrogens (tertiary/aromatic N) is 5. The maximum Gasteiger partial charge on any atom is 0.416 e. The van der Waals surface area contributed by atoms with Gasteiger partial charge in [-0.1, -0.05) is 32.9 Å². The van der Waals surface area contributed by atoms with Crippen LogP contribution < -0.4 is 0 Å². The summed E-state index contributed by atoms with van der Waals surface area (Å²) >= 11 is 5.98. The Morgan fingerprint density at radius 1 is 1.18 bits per heavy atom. The fraction of sp³-hybridized carbons (Fsp3) is 0.615. The van der Waals surface area contributed by atoms with Gasteiger partial charge in [-0.05, 0) is 64.4 Å². The highest BCUT2D eigenvalue weighted by molar-refractivity contribution is 6.28. The Morgan fingerprint density at radius 3 is 2.20 bits per heavy atom. The average molecular weight is 590 g/mol. The highest BCUT2D eigenvalue weighted by atomic mass is 35.5. The number of carbonyl (C=O) groups is 1. The lowest BCUT2D eigenvalue weighted by atomic mass is 9.75. The Labute approximate surface area is 235 Å². The molecule has 2 atom stereocenters. The molecule has 1 aliphatic heterocycles. The van der Waals surface area contributed by atoms with Crippen LogP contribution >= 0.6 is 11.6 Å². The van der Waals surface area contributed by atoms with Gasteiger partial charge in [-0.25, -0.2) is 4.79 Å². The Kier molecular flexibility index (Phi) is 9.42. The van der Waals surface area contributed by atoms with Crippen molar-refractivity contribution in [1.82, 2.24) is 19.4 Å². The van der Waals surface area contributed by atoms with Crippen LogP contribution in [0.15, 0.2) is 30.5 Å². The predicted molar refractivity (Wildman–Crippen MR) is 142 cm³/mol. The van der Waals surface area contributed by atoms with Crippen LogP contribution in [0.25, 0.3) is 0 Å². The van der Waals surface area contributed by atoms with Gasteiger partial charge in [0.05, 0.1) is 17.7 Å². The third-order valence-electron chi connectivity index (χ3n) is 7.29. The minimum Gasteiger partial charge on any atom is -0.465 e. The molecule has 40 heavy (non-hydrogen) atoms. The molecular weight excluding hydrogens is 555 g/mol. The average Bonchev–Trinajstić information content (AvgIpc) is 3.18. The van der Waals surface area contributed by atoms with Crippen LogP contribution in [-0.4, -0.2) is 78.4 Å². The number of carboxylic acid groups (broad SMARTS) is 1. The Bertz CT molecular complexity index is 1190. The summed E-state index contributed by atoms with van der Waals surface area (Å²) in [5.74, 6) is -0.756. The van der Waals surface area contributed by atoms with E-state index in [1.165, 1.54) is 21.6 Å². The molecular formula is C26H35ClF3N5O5. The van der Waals surface area contributed by atoms with E-state index in [9.17, 15) is 38.3 Å². The zero-order valence-electron chi connectivity index (χ0n) is 22.9. The molecule has 10 nitrogen and oxygen atoms in total. The van der Waals surface area contributed by atoms with Crippen LogP contribution in [0, 0.1) is 15.5 Å². The number of likely N-dealkylation sites (tertiary alicyclic amines) is 1. The summed E-state index contributed by atoms with van der Waals surface area (Å²) in [6.07, 6.45) is -3.38. The number of hydrogen-bond donors (Lipinski definition) is 2. The molecule has 1 aromatic carbocycles. The third kappa shape index (κ3) is 8.07. The number of alkyl halides is 3. The zero-order valence-corrected chi connectivity index (χ0v) is 23.6. The van der Waals surface area contributed by atoms with E-state index in [1.54, 1.807) is 6.92 Å². The fourth-order valence-electron chi connectivity index (χ4n) is 5.23. The van der Waals surface area contributed by atoms with E-state index in [-0.39, 0.29) is 36.9 Å². The summed E-state index contributed by atoms with van der Waals surface area (Å²) in [5, 5.41) is 31.9. The summed E-state index contributed by atoms with van der Waals surface area (Å²) < 4.78 is 40.5. The van der Waals surface area contributed by atoms with Crippen molar-refractivity contribution in [2.24, 2.45) is 5.41 Å². The molecule has 0 spiro atoms. The number of amides is 1.